The van der Waals surface area contributed by atoms with Crippen molar-refractivity contribution in [1.29, 1.82) is 0 Å². The lowest BCUT2D eigenvalue weighted by Gasteiger charge is -2.34. The maximum atomic E-state index is 12.6. The summed E-state index contributed by atoms with van der Waals surface area (Å²) >= 11 is 0. The first-order valence-electron chi connectivity index (χ1n) is 8.55. The minimum atomic E-state index is -0.282. The minimum absolute atomic E-state index is 0.0210. The predicted molar refractivity (Wildman–Crippen MR) is 93.4 cm³/mol. The van der Waals surface area contributed by atoms with Crippen LogP contribution in [0.2, 0.25) is 0 Å². The average molecular weight is 340 g/mol. The number of fused-ring (bicyclic) bond motifs is 1. The molecule has 0 unspecified atom stereocenters. The number of hydrogen-bond acceptors (Lipinski definition) is 5. The molecule has 2 aromatic heterocycles. The van der Waals surface area contributed by atoms with Gasteiger partial charge in [0.25, 0.3) is 5.56 Å². The third kappa shape index (κ3) is 3.12. The van der Waals surface area contributed by atoms with E-state index in [1.165, 1.54) is 0 Å². The van der Waals surface area contributed by atoms with Gasteiger partial charge < -0.3 is 0 Å². The average Bonchev–Trinajstić information content (AvgIpc) is 3.08. The third-order valence-electron chi connectivity index (χ3n) is 4.81. The second-order valence-corrected chi connectivity index (χ2v) is 6.37. The molecule has 0 saturated carbocycles. The highest BCUT2D eigenvalue weighted by molar-refractivity contribution is 5.76. The number of aromatic nitrogens is 5. The van der Waals surface area contributed by atoms with Crippen LogP contribution in [0, 0.1) is 0 Å². The van der Waals surface area contributed by atoms with Gasteiger partial charge in [0.05, 0.1) is 23.3 Å². The summed E-state index contributed by atoms with van der Waals surface area (Å²) in [5.74, 6) is 0.675. The Kier molecular flexibility index (Phi) is 4.19. The van der Waals surface area contributed by atoms with Gasteiger partial charge in [-0.2, -0.15) is 5.10 Å². The van der Waals surface area contributed by atoms with Gasteiger partial charge in [0.1, 0.15) is 5.82 Å². The maximum Gasteiger partial charge on any atom is 0.340 e. The fraction of sp³-hybridized carbons (Fsp3) is 0.412. The summed E-state index contributed by atoms with van der Waals surface area (Å²) < 4.78 is 1.65. The van der Waals surface area contributed by atoms with Crippen LogP contribution >= 0.6 is 0 Å². The molecule has 1 fully saturated rings. The van der Waals surface area contributed by atoms with E-state index in [4.69, 9.17) is 0 Å². The molecule has 1 aromatic carbocycles. The van der Waals surface area contributed by atoms with Crippen molar-refractivity contribution in [1.82, 2.24) is 29.6 Å². The number of hydrogen-bond donors (Lipinski definition) is 2. The van der Waals surface area contributed by atoms with E-state index in [0.717, 1.165) is 25.8 Å². The molecule has 1 aliphatic rings. The Balaban J connectivity index is 1.54. The molecule has 1 atom stereocenters. The van der Waals surface area contributed by atoms with Gasteiger partial charge in [-0.15, -0.1) is 0 Å². The molecule has 25 heavy (non-hydrogen) atoms. The largest absolute Gasteiger partial charge is 0.340 e. The van der Waals surface area contributed by atoms with Gasteiger partial charge >= 0.3 is 5.69 Å². The van der Waals surface area contributed by atoms with Gasteiger partial charge in [-0.05, 0) is 31.5 Å². The summed E-state index contributed by atoms with van der Waals surface area (Å²) in [5, 5.41) is 7.16. The topological polar surface area (TPSA) is 99.7 Å². The highest BCUT2D eigenvalue weighted by atomic mass is 16.1. The van der Waals surface area contributed by atoms with Gasteiger partial charge in [-0.25, -0.2) is 14.9 Å². The van der Waals surface area contributed by atoms with E-state index in [2.05, 4.69) is 25.1 Å². The van der Waals surface area contributed by atoms with E-state index in [1.807, 2.05) is 18.2 Å². The van der Waals surface area contributed by atoms with Crippen LogP contribution in [0.1, 0.15) is 31.1 Å². The molecule has 0 spiro atoms. The Morgan fingerprint density at radius 1 is 1.16 bits per heavy atom. The van der Waals surface area contributed by atoms with E-state index in [1.54, 1.807) is 17.0 Å². The van der Waals surface area contributed by atoms with Crippen LogP contribution in [-0.2, 0) is 6.54 Å². The van der Waals surface area contributed by atoms with Crippen molar-refractivity contribution >= 4 is 10.9 Å². The van der Waals surface area contributed by atoms with Crippen molar-refractivity contribution in [2.45, 2.75) is 31.8 Å². The second-order valence-electron chi connectivity index (χ2n) is 6.37. The smallest absolute Gasteiger partial charge is 0.297 e. The van der Waals surface area contributed by atoms with E-state index in [9.17, 15) is 9.59 Å². The highest BCUT2D eigenvalue weighted by Gasteiger charge is 2.26. The normalized spacial score (nSPS) is 18.6. The van der Waals surface area contributed by atoms with E-state index < -0.39 is 0 Å². The molecular formula is C17H20N6O2. The van der Waals surface area contributed by atoms with Gasteiger partial charge in [0, 0.05) is 13.1 Å². The Hall–Kier alpha value is -2.74. The molecule has 8 nitrogen and oxygen atoms in total. The first-order valence-corrected chi connectivity index (χ1v) is 8.55. The lowest BCUT2D eigenvalue weighted by Crippen LogP contribution is -2.38. The summed E-state index contributed by atoms with van der Waals surface area (Å²) in [4.78, 5) is 33.3. The van der Waals surface area contributed by atoms with Crippen molar-refractivity contribution in [2.75, 3.05) is 13.1 Å². The lowest BCUT2D eigenvalue weighted by molar-refractivity contribution is 0.136. The third-order valence-corrected chi connectivity index (χ3v) is 4.81. The number of nitrogens with one attached hydrogen (secondary N) is 2. The molecule has 0 bridgehead atoms. The van der Waals surface area contributed by atoms with Crippen LogP contribution in [0.15, 0.2) is 40.2 Å². The fourth-order valence-corrected chi connectivity index (χ4v) is 3.51. The van der Waals surface area contributed by atoms with E-state index in [-0.39, 0.29) is 17.3 Å². The van der Waals surface area contributed by atoms with E-state index >= 15 is 0 Å². The number of rotatable bonds is 4. The molecule has 1 saturated heterocycles. The summed E-state index contributed by atoms with van der Waals surface area (Å²) in [6, 6.07) is 7.46. The molecule has 4 rings (SSSR count). The molecule has 0 amide bonds. The van der Waals surface area contributed by atoms with E-state index in [0.29, 0.717) is 29.8 Å². The second kappa shape index (κ2) is 6.64. The van der Waals surface area contributed by atoms with Crippen LogP contribution in [0.5, 0.6) is 0 Å². The van der Waals surface area contributed by atoms with Crippen molar-refractivity contribution in [3.63, 3.8) is 0 Å². The Bertz CT molecular complexity index is 988. The Morgan fingerprint density at radius 3 is 2.88 bits per heavy atom. The first kappa shape index (κ1) is 15.8. The molecule has 130 valence electrons. The molecule has 3 aromatic rings. The Labute approximate surface area is 143 Å². The Morgan fingerprint density at radius 2 is 2.04 bits per heavy atom. The number of para-hydroxylation sites is 1. The summed E-state index contributed by atoms with van der Waals surface area (Å²) in [6.07, 6.45) is 4.77. The molecule has 2 N–H and O–H groups in total. The predicted octanol–water partition coefficient (Wildman–Crippen LogP) is 1.04. The standard InChI is InChI=1S/C17H20N6O2/c24-16-12-5-1-2-6-13(12)18-11-23(16)10-9-22-8-4-3-7-14(22)15-19-17(25)21-20-15/h1-2,5-6,11,14H,3-4,7-10H2,(H2,19,20,21,25)/t14-/m0/s1. The monoisotopic (exact) mass is 340 g/mol. The van der Waals surface area contributed by atoms with Crippen LogP contribution in [-0.4, -0.2) is 42.7 Å². The lowest BCUT2D eigenvalue weighted by atomic mass is 10.0. The van der Waals surface area contributed by atoms with Gasteiger partial charge in [-0.1, -0.05) is 18.6 Å². The molecule has 0 aliphatic carbocycles. The summed E-state index contributed by atoms with van der Waals surface area (Å²) in [7, 11) is 0. The van der Waals surface area contributed by atoms with Crippen LogP contribution in [0.3, 0.4) is 0 Å². The zero-order chi connectivity index (χ0) is 17.2. The summed E-state index contributed by atoms with van der Waals surface area (Å²) in [5.41, 5.74) is 0.413. The number of aromatic amines is 2. The van der Waals surface area contributed by atoms with Crippen molar-refractivity contribution in [3.8, 4) is 0 Å². The van der Waals surface area contributed by atoms with Crippen LogP contribution in [0.4, 0.5) is 0 Å². The minimum Gasteiger partial charge on any atom is -0.297 e. The van der Waals surface area contributed by atoms with Crippen molar-refractivity contribution in [3.05, 3.63) is 57.3 Å². The SMILES string of the molecule is O=c1[nH]nc([C@@H]2CCCCN2CCn2cnc3ccccc3c2=O)[nH]1. The van der Waals surface area contributed by atoms with Gasteiger partial charge in [0.2, 0.25) is 0 Å². The molecule has 0 radical (unpaired) electrons. The van der Waals surface area contributed by atoms with Crippen LogP contribution in [0.25, 0.3) is 10.9 Å². The number of likely N-dealkylation sites (tertiary alicyclic amines) is 1. The van der Waals surface area contributed by atoms with Crippen molar-refractivity contribution < 1.29 is 0 Å². The van der Waals surface area contributed by atoms with Gasteiger partial charge in [-0.3, -0.25) is 19.2 Å². The molecular weight excluding hydrogens is 320 g/mol. The molecule has 8 heteroatoms. The first-order chi connectivity index (χ1) is 12.2. The van der Waals surface area contributed by atoms with Crippen molar-refractivity contribution in [2.24, 2.45) is 0 Å². The zero-order valence-corrected chi connectivity index (χ0v) is 13.8. The molecule has 1 aliphatic heterocycles. The maximum absolute atomic E-state index is 12.6. The van der Waals surface area contributed by atoms with Crippen LogP contribution < -0.4 is 11.2 Å². The number of piperidine rings is 1. The number of H-pyrrole nitrogens is 2. The number of nitrogens with zero attached hydrogens (tertiary/aromatic N) is 4. The molecule has 3 heterocycles. The summed E-state index contributed by atoms with van der Waals surface area (Å²) in [6.45, 7) is 2.19. The quantitative estimate of drug-likeness (QED) is 0.739. The number of benzene rings is 1. The fourth-order valence-electron chi connectivity index (χ4n) is 3.51. The van der Waals surface area contributed by atoms with Gasteiger partial charge in [0.15, 0.2) is 0 Å². The zero-order valence-electron chi connectivity index (χ0n) is 13.8. The highest BCUT2D eigenvalue weighted by Crippen LogP contribution is 2.27.